The van der Waals surface area contributed by atoms with E-state index in [1.165, 1.54) is 0 Å². The first-order chi connectivity index (χ1) is 8.76. The number of hydrogen-bond donors (Lipinski definition) is 0. The van der Waals surface area contributed by atoms with E-state index in [0.29, 0.717) is 5.92 Å². The minimum atomic E-state index is 0.601. The molecule has 1 unspecified atom stereocenters. The number of halogens is 1. The lowest BCUT2D eigenvalue weighted by Crippen LogP contribution is -2.03. The van der Waals surface area contributed by atoms with Crippen LogP contribution in [0.2, 0.25) is 0 Å². The molecule has 0 amide bonds. The Morgan fingerprint density at radius 3 is 3.17 bits per heavy atom. The molecule has 3 rings (SSSR count). The zero-order chi connectivity index (χ0) is 12.5. The first-order valence-electron chi connectivity index (χ1n) is 6.05. The van der Waals surface area contributed by atoms with E-state index < -0.39 is 0 Å². The fourth-order valence-corrected chi connectivity index (χ4v) is 2.80. The smallest absolute Gasteiger partial charge is 0.179 e. The van der Waals surface area contributed by atoms with Crippen molar-refractivity contribution < 1.29 is 9.47 Å². The van der Waals surface area contributed by atoms with E-state index in [1.54, 1.807) is 7.11 Å². The molecular weight excluding hydrogens is 296 g/mol. The first-order valence-corrected chi connectivity index (χ1v) is 6.84. The summed E-state index contributed by atoms with van der Waals surface area (Å²) in [5.41, 5.74) is 1.97. The Morgan fingerprint density at radius 1 is 1.56 bits per heavy atom. The molecule has 3 heterocycles. The van der Waals surface area contributed by atoms with Crippen molar-refractivity contribution in [2.75, 3.05) is 20.3 Å². The predicted octanol–water partition coefficient (Wildman–Crippen LogP) is 2.68. The van der Waals surface area contributed by atoms with Crippen LogP contribution in [0.3, 0.4) is 0 Å². The van der Waals surface area contributed by atoms with Crippen LogP contribution in [0, 0.1) is 5.92 Å². The van der Waals surface area contributed by atoms with Crippen molar-refractivity contribution in [1.82, 2.24) is 9.38 Å². The molecular formula is C13H15BrN2O2. The molecule has 2 aromatic rings. The quantitative estimate of drug-likeness (QED) is 0.874. The van der Waals surface area contributed by atoms with Gasteiger partial charge in [0.1, 0.15) is 0 Å². The number of pyridine rings is 1. The second-order valence-corrected chi connectivity index (χ2v) is 5.54. The molecule has 1 fully saturated rings. The van der Waals surface area contributed by atoms with Crippen LogP contribution in [-0.4, -0.2) is 29.7 Å². The van der Waals surface area contributed by atoms with Crippen LogP contribution in [0.4, 0.5) is 0 Å². The standard InChI is InChI=1S/C13H15BrN2O2/c1-17-12-5-10(14)6-16-7-11(15-13(12)16)4-9-2-3-18-8-9/h5-7,9H,2-4,8H2,1H3. The Hall–Kier alpha value is -1.07. The topological polar surface area (TPSA) is 35.8 Å². The molecule has 1 atom stereocenters. The highest BCUT2D eigenvalue weighted by Gasteiger charge is 2.18. The van der Waals surface area contributed by atoms with Crippen LogP contribution >= 0.6 is 15.9 Å². The fourth-order valence-electron chi connectivity index (χ4n) is 2.37. The molecule has 0 bridgehead atoms. The average molecular weight is 311 g/mol. The maximum absolute atomic E-state index is 5.40. The predicted molar refractivity (Wildman–Crippen MR) is 72.1 cm³/mol. The van der Waals surface area contributed by atoms with Crippen LogP contribution in [0.15, 0.2) is 22.9 Å². The number of fused-ring (bicyclic) bond motifs is 1. The molecule has 2 aromatic heterocycles. The van der Waals surface area contributed by atoms with Crippen molar-refractivity contribution >= 4 is 21.6 Å². The molecule has 1 aliphatic heterocycles. The lowest BCUT2D eigenvalue weighted by molar-refractivity contribution is 0.185. The SMILES string of the molecule is COc1cc(Br)cn2cc(CC3CCOC3)nc12. The van der Waals surface area contributed by atoms with Gasteiger partial charge in [0.15, 0.2) is 11.4 Å². The zero-order valence-electron chi connectivity index (χ0n) is 10.2. The van der Waals surface area contributed by atoms with Gasteiger partial charge in [-0.05, 0) is 40.8 Å². The van der Waals surface area contributed by atoms with E-state index in [9.17, 15) is 0 Å². The van der Waals surface area contributed by atoms with Crippen molar-refractivity contribution in [2.24, 2.45) is 5.92 Å². The van der Waals surface area contributed by atoms with Gasteiger partial charge in [0.05, 0.1) is 12.8 Å². The number of rotatable bonds is 3. The fraction of sp³-hybridized carbons (Fsp3) is 0.462. The molecule has 0 spiro atoms. The third-order valence-corrected chi connectivity index (χ3v) is 3.71. The number of methoxy groups -OCH3 is 1. The van der Waals surface area contributed by atoms with Gasteiger partial charge in [-0.25, -0.2) is 4.98 Å². The highest BCUT2D eigenvalue weighted by Crippen LogP contribution is 2.25. The Labute approximate surface area is 114 Å². The highest BCUT2D eigenvalue weighted by atomic mass is 79.9. The summed E-state index contributed by atoms with van der Waals surface area (Å²) in [5, 5.41) is 0. The van der Waals surface area contributed by atoms with Gasteiger partial charge in [0.2, 0.25) is 0 Å². The lowest BCUT2D eigenvalue weighted by Gasteiger charge is -2.02. The van der Waals surface area contributed by atoms with E-state index in [4.69, 9.17) is 9.47 Å². The molecule has 4 nitrogen and oxygen atoms in total. The summed E-state index contributed by atoms with van der Waals surface area (Å²) in [5.74, 6) is 1.39. The second kappa shape index (κ2) is 4.90. The third-order valence-electron chi connectivity index (χ3n) is 3.28. The number of ether oxygens (including phenoxy) is 2. The molecule has 1 aliphatic rings. The molecule has 1 saturated heterocycles. The van der Waals surface area contributed by atoms with Crippen molar-refractivity contribution in [3.8, 4) is 5.75 Å². The van der Waals surface area contributed by atoms with Crippen molar-refractivity contribution in [3.05, 3.63) is 28.6 Å². The molecule has 0 radical (unpaired) electrons. The minimum absolute atomic E-state index is 0.601. The summed E-state index contributed by atoms with van der Waals surface area (Å²) >= 11 is 3.47. The van der Waals surface area contributed by atoms with Gasteiger partial charge in [-0.2, -0.15) is 0 Å². The van der Waals surface area contributed by atoms with Crippen LogP contribution in [0.25, 0.3) is 5.65 Å². The summed E-state index contributed by atoms with van der Waals surface area (Å²) < 4.78 is 13.7. The van der Waals surface area contributed by atoms with Crippen LogP contribution < -0.4 is 4.74 Å². The second-order valence-electron chi connectivity index (χ2n) is 4.62. The van der Waals surface area contributed by atoms with Crippen molar-refractivity contribution in [3.63, 3.8) is 0 Å². The summed E-state index contributed by atoms with van der Waals surface area (Å²) in [6.45, 7) is 1.74. The molecule has 96 valence electrons. The maximum Gasteiger partial charge on any atom is 0.179 e. The van der Waals surface area contributed by atoms with Gasteiger partial charge in [0, 0.05) is 30.1 Å². The van der Waals surface area contributed by atoms with Gasteiger partial charge >= 0.3 is 0 Å². The Morgan fingerprint density at radius 2 is 2.44 bits per heavy atom. The van der Waals surface area contributed by atoms with E-state index >= 15 is 0 Å². The van der Waals surface area contributed by atoms with E-state index in [1.807, 2.05) is 16.7 Å². The van der Waals surface area contributed by atoms with Crippen molar-refractivity contribution in [2.45, 2.75) is 12.8 Å². The molecule has 0 aromatic carbocycles. The Bertz CT molecular complexity index is 561. The summed E-state index contributed by atoms with van der Waals surface area (Å²) in [7, 11) is 1.67. The van der Waals surface area contributed by atoms with Gasteiger partial charge in [-0.3, -0.25) is 0 Å². The Kier molecular flexibility index (Phi) is 3.26. The van der Waals surface area contributed by atoms with E-state index in [-0.39, 0.29) is 0 Å². The van der Waals surface area contributed by atoms with Gasteiger partial charge in [0.25, 0.3) is 0 Å². The minimum Gasteiger partial charge on any atom is -0.493 e. The molecule has 18 heavy (non-hydrogen) atoms. The van der Waals surface area contributed by atoms with E-state index in [2.05, 4.69) is 27.1 Å². The van der Waals surface area contributed by atoms with Crippen LogP contribution in [0.5, 0.6) is 5.75 Å². The maximum atomic E-state index is 5.40. The van der Waals surface area contributed by atoms with Gasteiger partial charge in [-0.1, -0.05) is 0 Å². The largest absolute Gasteiger partial charge is 0.493 e. The lowest BCUT2D eigenvalue weighted by atomic mass is 10.0. The zero-order valence-corrected chi connectivity index (χ0v) is 11.8. The summed E-state index contributed by atoms with van der Waals surface area (Å²) in [4.78, 5) is 4.65. The average Bonchev–Trinajstić information content (AvgIpc) is 2.97. The highest BCUT2D eigenvalue weighted by molar-refractivity contribution is 9.10. The molecule has 5 heteroatoms. The first kappa shape index (κ1) is 12.0. The number of nitrogens with zero attached hydrogens (tertiary/aromatic N) is 2. The monoisotopic (exact) mass is 310 g/mol. The molecule has 0 aliphatic carbocycles. The number of hydrogen-bond acceptors (Lipinski definition) is 3. The van der Waals surface area contributed by atoms with Crippen molar-refractivity contribution in [1.29, 1.82) is 0 Å². The summed E-state index contributed by atoms with van der Waals surface area (Å²) in [6.07, 6.45) is 6.18. The number of imidazole rings is 1. The Balaban J connectivity index is 1.94. The normalized spacial score (nSPS) is 19.6. The third kappa shape index (κ3) is 2.24. The molecule has 0 saturated carbocycles. The number of aromatic nitrogens is 2. The van der Waals surface area contributed by atoms with Crippen LogP contribution in [0.1, 0.15) is 12.1 Å². The van der Waals surface area contributed by atoms with Gasteiger partial charge in [-0.15, -0.1) is 0 Å². The van der Waals surface area contributed by atoms with Gasteiger partial charge < -0.3 is 13.9 Å². The van der Waals surface area contributed by atoms with E-state index in [0.717, 1.165) is 47.6 Å². The molecule has 0 N–H and O–H groups in total. The summed E-state index contributed by atoms with van der Waals surface area (Å²) in [6, 6.07) is 1.94. The van der Waals surface area contributed by atoms with Crippen LogP contribution in [-0.2, 0) is 11.2 Å².